The monoisotopic (exact) mass is 358 g/mol. The van der Waals surface area contributed by atoms with E-state index in [9.17, 15) is 4.79 Å². The maximum atomic E-state index is 12.4. The highest BCUT2D eigenvalue weighted by atomic mass is 79.9. The zero-order chi connectivity index (χ0) is 14.0. The molecule has 1 saturated heterocycles. The summed E-state index contributed by atoms with van der Waals surface area (Å²) in [5.41, 5.74) is 7.06. The highest BCUT2D eigenvalue weighted by molar-refractivity contribution is 9.10. The maximum Gasteiger partial charge on any atom is 0.240 e. The fraction of sp³-hybridized carbons (Fsp3) is 0.385. The Balaban J connectivity index is 2.23. The Bertz CT molecular complexity index is 527. The van der Waals surface area contributed by atoms with Gasteiger partial charge in [0.2, 0.25) is 5.91 Å². The van der Waals surface area contributed by atoms with E-state index in [1.54, 1.807) is 11.8 Å². The van der Waals surface area contributed by atoms with Gasteiger partial charge < -0.3 is 11.1 Å². The van der Waals surface area contributed by atoms with Crippen molar-refractivity contribution < 1.29 is 4.79 Å². The molecule has 3 N–H and O–H groups in total. The second kappa shape index (κ2) is 5.81. The molecule has 1 unspecified atom stereocenters. The van der Waals surface area contributed by atoms with Crippen LogP contribution in [0.2, 0.25) is 0 Å². The minimum Gasteiger partial charge on any atom is -0.389 e. The van der Waals surface area contributed by atoms with Gasteiger partial charge in [-0.3, -0.25) is 4.79 Å². The number of hydrogen-bond acceptors (Lipinski definition) is 3. The van der Waals surface area contributed by atoms with Gasteiger partial charge in [-0.2, -0.15) is 0 Å². The Kier molecular flexibility index (Phi) is 4.53. The fourth-order valence-corrected chi connectivity index (χ4v) is 3.78. The van der Waals surface area contributed by atoms with E-state index in [-0.39, 0.29) is 15.6 Å². The summed E-state index contributed by atoms with van der Waals surface area (Å²) in [5, 5.41) is 2.95. The van der Waals surface area contributed by atoms with Crippen LogP contribution in [-0.4, -0.2) is 21.4 Å². The zero-order valence-corrected chi connectivity index (χ0v) is 13.8. The number of benzene rings is 1. The lowest BCUT2D eigenvalue weighted by Gasteiger charge is -2.22. The third-order valence-electron chi connectivity index (χ3n) is 3.19. The molecule has 1 fully saturated rings. The summed E-state index contributed by atoms with van der Waals surface area (Å²) in [5.74, 6) is 1.06. The third-order valence-corrected chi connectivity index (χ3v) is 5.43. The van der Waals surface area contributed by atoms with Crippen LogP contribution in [0.5, 0.6) is 0 Å². The minimum atomic E-state index is -0.347. The third kappa shape index (κ3) is 3.30. The zero-order valence-electron chi connectivity index (χ0n) is 10.5. The molecule has 0 aliphatic carbocycles. The summed E-state index contributed by atoms with van der Waals surface area (Å²) in [6.45, 7) is 1.99. The molecule has 1 atom stereocenters. The van der Waals surface area contributed by atoms with Crippen LogP contribution < -0.4 is 11.1 Å². The first kappa shape index (κ1) is 14.8. The summed E-state index contributed by atoms with van der Waals surface area (Å²) in [6, 6.07) is 5.50. The fourth-order valence-electron chi connectivity index (χ4n) is 2.04. The second-order valence-electron chi connectivity index (χ2n) is 4.69. The van der Waals surface area contributed by atoms with Crippen molar-refractivity contribution in [2.75, 3.05) is 11.1 Å². The van der Waals surface area contributed by atoms with Gasteiger partial charge in [0.15, 0.2) is 0 Å². The average Bonchev–Trinajstić information content (AvgIpc) is 2.79. The van der Waals surface area contributed by atoms with Crippen LogP contribution in [0.15, 0.2) is 22.7 Å². The molecule has 1 aliphatic heterocycles. The first-order chi connectivity index (χ1) is 8.92. The van der Waals surface area contributed by atoms with E-state index in [4.69, 9.17) is 18.0 Å². The van der Waals surface area contributed by atoms with E-state index in [0.717, 1.165) is 23.1 Å². The molecule has 19 heavy (non-hydrogen) atoms. The average molecular weight is 359 g/mol. The number of halogens is 1. The SMILES string of the molecule is CC1(C(=O)Nc2ccc(Br)cc2C(N)=S)CCCS1. The van der Waals surface area contributed by atoms with Gasteiger partial charge in [-0.1, -0.05) is 28.1 Å². The van der Waals surface area contributed by atoms with Crippen molar-refractivity contribution in [2.24, 2.45) is 5.73 Å². The van der Waals surface area contributed by atoms with Gasteiger partial charge in [0, 0.05) is 10.0 Å². The van der Waals surface area contributed by atoms with Crippen molar-refractivity contribution >= 4 is 56.5 Å². The number of thiocarbonyl (C=S) groups is 1. The predicted molar refractivity (Wildman–Crippen MR) is 88.8 cm³/mol. The smallest absolute Gasteiger partial charge is 0.240 e. The molecule has 0 spiro atoms. The highest BCUT2D eigenvalue weighted by Crippen LogP contribution is 2.38. The number of thioether (sulfide) groups is 1. The Morgan fingerprint density at radius 2 is 2.32 bits per heavy atom. The van der Waals surface area contributed by atoms with Gasteiger partial charge in [0.25, 0.3) is 0 Å². The predicted octanol–water partition coefficient (Wildman–Crippen LogP) is 3.31. The normalized spacial score (nSPS) is 22.2. The topological polar surface area (TPSA) is 55.1 Å². The number of nitrogens with one attached hydrogen (secondary N) is 1. The number of anilines is 1. The van der Waals surface area contributed by atoms with E-state index in [2.05, 4.69) is 21.2 Å². The lowest BCUT2D eigenvalue weighted by Crippen LogP contribution is -2.35. The molecule has 0 radical (unpaired) electrons. The van der Waals surface area contributed by atoms with Gasteiger partial charge in [0.1, 0.15) is 4.99 Å². The molecule has 1 aliphatic rings. The van der Waals surface area contributed by atoms with Crippen molar-refractivity contribution in [3.05, 3.63) is 28.2 Å². The number of amides is 1. The summed E-state index contributed by atoms with van der Waals surface area (Å²) >= 11 is 10.1. The van der Waals surface area contributed by atoms with Crippen LogP contribution in [0.1, 0.15) is 25.3 Å². The standard InChI is InChI=1S/C13H15BrN2OS2/c1-13(5-2-6-19-13)12(17)16-10-4-3-8(14)7-9(10)11(15)18/h3-4,7H,2,5-6H2,1H3,(H2,15,18)(H,16,17). The van der Waals surface area contributed by atoms with Gasteiger partial charge in [-0.05, 0) is 43.7 Å². The molecule has 1 amide bonds. The quantitative estimate of drug-likeness (QED) is 0.813. The molecule has 0 saturated carbocycles. The number of hydrogen-bond donors (Lipinski definition) is 2. The molecular formula is C13H15BrN2OS2. The van der Waals surface area contributed by atoms with Crippen LogP contribution in [0.4, 0.5) is 5.69 Å². The van der Waals surface area contributed by atoms with Crippen molar-refractivity contribution in [3.8, 4) is 0 Å². The Morgan fingerprint density at radius 3 is 2.89 bits per heavy atom. The van der Waals surface area contributed by atoms with Crippen molar-refractivity contribution in [1.29, 1.82) is 0 Å². The van der Waals surface area contributed by atoms with E-state index in [0.29, 0.717) is 11.3 Å². The van der Waals surface area contributed by atoms with Crippen LogP contribution in [-0.2, 0) is 4.79 Å². The Morgan fingerprint density at radius 1 is 1.58 bits per heavy atom. The van der Waals surface area contributed by atoms with Gasteiger partial charge in [0.05, 0.1) is 10.4 Å². The molecule has 0 bridgehead atoms. The Hall–Kier alpha value is -0.590. The molecule has 1 aromatic carbocycles. The largest absolute Gasteiger partial charge is 0.389 e. The van der Waals surface area contributed by atoms with E-state index in [1.165, 1.54) is 0 Å². The van der Waals surface area contributed by atoms with Gasteiger partial charge >= 0.3 is 0 Å². The molecule has 0 aromatic heterocycles. The minimum absolute atomic E-state index is 0.0230. The molecular weight excluding hydrogens is 344 g/mol. The van der Waals surface area contributed by atoms with Crippen molar-refractivity contribution in [1.82, 2.24) is 0 Å². The second-order valence-corrected chi connectivity index (χ2v) is 7.64. The van der Waals surface area contributed by atoms with Crippen LogP contribution in [0.3, 0.4) is 0 Å². The summed E-state index contributed by atoms with van der Waals surface area (Å²) < 4.78 is 0.537. The van der Waals surface area contributed by atoms with Gasteiger partial charge in [-0.25, -0.2) is 0 Å². The number of rotatable bonds is 3. The first-order valence-electron chi connectivity index (χ1n) is 5.97. The molecule has 1 aromatic rings. The van der Waals surface area contributed by atoms with E-state index >= 15 is 0 Å². The highest BCUT2D eigenvalue weighted by Gasteiger charge is 2.37. The molecule has 2 rings (SSSR count). The van der Waals surface area contributed by atoms with E-state index in [1.807, 2.05) is 25.1 Å². The first-order valence-corrected chi connectivity index (χ1v) is 8.16. The maximum absolute atomic E-state index is 12.4. The van der Waals surface area contributed by atoms with Crippen molar-refractivity contribution in [3.63, 3.8) is 0 Å². The van der Waals surface area contributed by atoms with Crippen LogP contribution in [0.25, 0.3) is 0 Å². The van der Waals surface area contributed by atoms with Crippen molar-refractivity contribution in [2.45, 2.75) is 24.5 Å². The number of carbonyl (C=O) groups excluding carboxylic acids is 1. The van der Waals surface area contributed by atoms with Crippen LogP contribution >= 0.6 is 39.9 Å². The summed E-state index contributed by atoms with van der Waals surface area (Å²) in [6.07, 6.45) is 1.99. The molecule has 6 heteroatoms. The van der Waals surface area contributed by atoms with Gasteiger partial charge in [-0.15, -0.1) is 11.8 Å². The summed E-state index contributed by atoms with van der Waals surface area (Å²) in [4.78, 5) is 12.6. The number of carbonyl (C=O) groups is 1. The van der Waals surface area contributed by atoms with Crippen LogP contribution in [0, 0.1) is 0 Å². The molecule has 1 heterocycles. The lowest BCUT2D eigenvalue weighted by atomic mass is 10.0. The van der Waals surface area contributed by atoms with E-state index < -0.39 is 0 Å². The lowest BCUT2D eigenvalue weighted by molar-refractivity contribution is -0.118. The summed E-state index contributed by atoms with van der Waals surface area (Å²) in [7, 11) is 0. The Labute approximate surface area is 130 Å². The number of nitrogens with two attached hydrogens (primary N) is 1. The molecule has 3 nitrogen and oxygen atoms in total. The molecule has 102 valence electrons.